The van der Waals surface area contributed by atoms with E-state index < -0.39 is 27.7 Å². The van der Waals surface area contributed by atoms with Crippen LogP contribution in [0.3, 0.4) is 0 Å². The van der Waals surface area contributed by atoms with Crippen molar-refractivity contribution in [2.45, 2.75) is 71.8 Å². The van der Waals surface area contributed by atoms with Crippen molar-refractivity contribution in [2.24, 2.45) is 5.92 Å². The molecule has 410 valence electrons. The molecule has 0 fully saturated rings. The lowest BCUT2D eigenvalue weighted by atomic mass is 10.0. The zero-order chi connectivity index (χ0) is 51.9. The van der Waals surface area contributed by atoms with Crippen molar-refractivity contribution in [1.29, 1.82) is 0 Å². The number of pyridine rings is 1. The van der Waals surface area contributed by atoms with Gasteiger partial charge in [-0.15, -0.1) is 0 Å². The van der Waals surface area contributed by atoms with E-state index in [1.165, 1.54) is 6.92 Å². The monoisotopic (exact) mass is 1040 g/mol. The number of aromatic nitrogens is 3. The lowest BCUT2D eigenvalue weighted by Crippen LogP contribution is -2.36. The number of ether oxygens (including phenoxy) is 11. The minimum Gasteiger partial charge on any atom is -0.382 e. The standard InChI is InChI=1S/C49H81N5O17S/c1-3-4-11-45-53-46-47(43-9-5-6-10-44(43)52-48(46)50)54(45)15-8-7-14-51-49(57)41(39-72(58,59)60)38-42(56)13-17-62-19-21-64-23-25-66-27-29-68-31-33-70-35-37-71-36-34-69-32-30-67-28-26-65-24-22-63-20-18-61-16-12-40(2)55/h5-6,9-10,41H,3-4,7-8,11-39H2,1-2H3,(H2,50,52)(H,51,57)(H,58,59,60). The Hall–Kier alpha value is -3.82. The van der Waals surface area contributed by atoms with Gasteiger partial charge in [-0.3, -0.25) is 18.9 Å². The molecule has 0 aliphatic carbocycles. The number of nitrogens with one attached hydrogen (secondary N) is 1. The number of carbonyl (C=O) groups excluding carboxylic acids is 3. The molecule has 0 bridgehead atoms. The number of nitrogen functional groups attached to an aromatic ring is 1. The van der Waals surface area contributed by atoms with Gasteiger partial charge in [0.1, 0.15) is 22.9 Å². The number of para-hydroxylation sites is 1. The normalized spacial score (nSPS) is 12.3. The van der Waals surface area contributed by atoms with Crippen LogP contribution in [0, 0.1) is 5.92 Å². The number of hydrogen-bond donors (Lipinski definition) is 3. The molecular formula is C49H81N5O17S. The highest BCUT2D eigenvalue weighted by Crippen LogP contribution is 2.29. The summed E-state index contributed by atoms with van der Waals surface area (Å²) in [6.07, 6.45) is 4.06. The molecule has 72 heavy (non-hydrogen) atoms. The number of nitrogens with two attached hydrogens (primary N) is 1. The fourth-order valence-corrected chi connectivity index (χ4v) is 7.76. The predicted octanol–water partition coefficient (Wildman–Crippen LogP) is 3.42. The van der Waals surface area contributed by atoms with Gasteiger partial charge in [-0.25, -0.2) is 9.97 Å². The number of ketones is 2. The van der Waals surface area contributed by atoms with Crippen molar-refractivity contribution in [1.82, 2.24) is 19.9 Å². The molecule has 1 unspecified atom stereocenters. The molecule has 0 saturated heterocycles. The Bertz CT molecular complexity index is 2040. The van der Waals surface area contributed by atoms with Gasteiger partial charge in [-0.05, 0) is 32.3 Å². The fourth-order valence-electron chi connectivity index (χ4n) is 6.98. The zero-order valence-electron chi connectivity index (χ0n) is 42.5. The Morgan fingerprint density at radius 3 is 1.53 bits per heavy atom. The number of unbranched alkanes of at least 4 members (excludes halogenated alkanes) is 2. The second-order valence-corrected chi connectivity index (χ2v) is 18.1. The van der Waals surface area contributed by atoms with Crippen LogP contribution in [0.5, 0.6) is 0 Å². The van der Waals surface area contributed by atoms with E-state index in [4.69, 9.17) is 62.8 Å². The Morgan fingerprint density at radius 1 is 0.639 bits per heavy atom. The molecule has 3 aromatic rings. The molecule has 3 rings (SSSR count). The van der Waals surface area contributed by atoms with Gasteiger partial charge in [-0.1, -0.05) is 31.5 Å². The van der Waals surface area contributed by atoms with Gasteiger partial charge >= 0.3 is 0 Å². The van der Waals surface area contributed by atoms with E-state index in [-0.39, 0.29) is 50.8 Å². The van der Waals surface area contributed by atoms with Crippen LogP contribution >= 0.6 is 0 Å². The molecule has 0 aliphatic rings. The Kier molecular flexibility index (Phi) is 34.4. The highest BCUT2D eigenvalue weighted by atomic mass is 32.2. The maximum Gasteiger partial charge on any atom is 0.265 e. The molecule has 0 saturated carbocycles. The number of rotatable bonds is 49. The Labute approximate surface area is 424 Å². The van der Waals surface area contributed by atoms with Crippen LogP contribution in [0.1, 0.15) is 64.6 Å². The topological polar surface area (TPSA) is 276 Å². The summed E-state index contributed by atoms with van der Waals surface area (Å²) in [4.78, 5) is 46.0. The van der Waals surface area contributed by atoms with E-state index in [0.717, 1.165) is 41.5 Å². The van der Waals surface area contributed by atoms with E-state index in [0.29, 0.717) is 163 Å². The van der Waals surface area contributed by atoms with Crippen LogP contribution in [-0.2, 0) is 89.6 Å². The number of hydrogen-bond acceptors (Lipinski definition) is 19. The van der Waals surface area contributed by atoms with Crippen molar-refractivity contribution in [3.63, 3.8) is 0 Å². The molecule has 1 aromatic carbocycles. The summed E-state index contributed by atoms with van der Waals surface area (Å²) in [5.74, 6) is -1.66. The fraction of sp³-hybridized carbons (Fsp3) is 0.735. The summed E-state index contributed by atoms with van der Waals surface area (Å²) in [7, 11) is -4.52. The van der Waals surface area contributed by atoms with Crippen molar-refractivity contribution in [3.05, 3.63) is 30.1 Å². The smallest absolute Gasteiger partial charge is 0.265 e. The second kappa shape index (κ2) is 39.6. The van der Waals surface area contributed by atoms with E-state index in [9.17, 15) is 27.4 Å². The number of benzene rings is 1. The molecule has 2 heterocycles. The summed E-state index contributed by atoms with van der Waals surface area (Å²) in [6.45, 7) is 13.5. The van der Waals surface area contributed by atoms with Gasteiger partial charge in [0.2, 0.25) is 5.91 Å². The van der Waals surface area contributed by atoms with Gasteiger partial charge in [0.15, 0.2) is 5.82 Å². The predicted molar refractivity (Wildman–Crippen MR) is 269 cm³/mol. The molecule has 0 aliphatic heterocycles. The second-order valence-electron chi connectivity index (χ2n) is 16.6. The Balaban J connectivity index is 1.09. The highest BCUT2D eigenvalue weighted by molar-refractivity contribution is 7.85. The van der Waals surface area contributed by atoms with Gasteiger partial charge < -0.3 is 67.7 Å². The number of Topliss-reactive ketones (excluding diaryl/α,β-unsaturated/α-hetero) is 2. The number of nitrogens with zero attached hydrogens (tertiary/aromatic N) is 3. The number of imidazole rings is 1. The van der Waals surface area contributed by atoms with Crippen molar-refractivity contribution >= 4 is 55.3 Å². The number of carbonyl (C=O) groups is 3. The van der Waals surface area contributed by atoms with E-state index in [1.54, 1.807) is 0 Å². The van der Waals surface area contributed by atoms with E-state index >= 15 is 0 Å². The van der Waals surface area contributed by atoms with Gasteiger partial charge in [0.05, 0.1) is 168 Å². The summed E-state index contributed by atoms with van der Waals surface area (Å²) in [5.41, 5.74) is 8.70. The lowest BCUT2D eigenvalue weighted by Gasteiger charge is -2.15. The van der Waals surface area contributed by atoms with Gasteiger partial charge in [0, 0.05) is 44.2 Å². The number of aryl methyl sites for hydroxylation is 2. The van der Waals surface area contributed by atoms with Crippen LogP contribution in [0.4, 0.5) is 5.82 Å². The number of amides is 1. The van der Waals surface area contributed by atoms with Crippen molar-refractivity contribution < 1.29 is 79.5 Å². The third-order valence-corrected chi connectivity index (χ3v) is 11.5. The molecule has 23 heteroatoms. The van der Waals surface area contributed by atoms with E-state index in [1.807, 2.05) is 24.3 Å². The zero-order valence-corrected chi connectivity index (χ0v) is 43.3. The van der Waals surface area contributed by atoms with Crippen LogP contribution in [0.15, 0.2) is 24.3 Å². The molecule has 1 amide bonds. The number of anilines is 1. The molecule has 0 radical (unpaired) electrons. The van der Waals surface area contributed by atoms with Crippen LogP contribution in [-0.4, -0.2) is 203 Å². The van der Waals surface area contributed by atoms with Crippen LogP contribution in [0.2, 0.25) is 0 Å². The first-order valence-corrected chi connectivity index (χ1v) is 26.7. The average molecular weight is 1040 g/mol. The average Bonchev–Trinajstić information content (AvgIpc) is 3.72. The molecule has 22 nitrogen and oxygen atoms in total. The molecule has 4 N–H and O–H groups in total. The minimum absolute atomic E-state index is 0.0281. The third kappa shape index (κ3) is 29.2. The summed E-state index contributed by atoms with van der Waals surface area (Å²) in [5, 5.41) is 3.71. The SMILES string of the molecule is CCCCc1nc2c(N)nc3ccccc3c2n1CCCCNC(=O)C(CC(=O)CCOCCOCCOCCOCCOCCOCCOCCOCCOCCOCCOCCC(C)=O)CS(=O)(=O)O. The van der Waals surface area contributed by atoms with Crippen molar-refractivity contribution in [2.75, 3.05) is 163 Å². The first kappa shape index (κ1) is 62.5. The molecular weight excluding hydrogens is 963 g/mol. The van der Waals surface area contributed by atoms with Gasteiger partial charge in [-0.2, -0.15) is 8.42 Å². The first-order valence-electron chi connectivity index (χ1n) is 25.1. The minimum atomic E-state index is -4.52. The molecule has 1 atom stereocenters. The maximum absolute atomic E-state index is 13.0. The quantitative estimate of drug-likeness (QED) is 0.0540. The highest BCUT2D eigenvalue weighted by Gasteiger charge is 2.27. The number of fused-ring (bicyclic) bond motifs is 3. The summed E-state index contributed by atoms with van der Waals surface area (Å²) >= 11 is 0. The maximum atomic E-state index is 13.0. The Morgan fingerprint density at radius 2 is 1.08 bits per heavy atom. The van der Waals surface area contributed by atoms with Crippen LogP contribution < -0.4 is 11.1 Å². The summed E-state index contributed by atoms with van der Waals surface area (Å²) in [6, 6.07) is 7.79. The third-order valence-electron chi connectivity index (χ3n) is 10.7. The largest absolute Gasteiger partial charge is 0.382 e. The van der Waals surface area contributed by atoms with Gasteiger partial charge in [0.25, 0.3) is 10.1 Å². The van der Waals surface area contributed by atoms with E-state index in [2.05, 4.69) is 21.8 Å². The van der Waals surface area contributed by atoms with Crippen LogP contribution in [0.25, 0.3) is 21.9 Å². The van der Waals surface area contributed by atoms with Crippen molar-refractivity contribution in [3.8, 4) is 0 Å². The molecule has 0 spiro atoms. The molecule has 2 aromatic heterocycles. The summed E-state index contributed by atoms with van der Waals surface area (Å²) < 4.78 is 95.2. The lowest BCUT2D eigenvalue weighted by molar-refractivity contribution is -0.129. The first-order chi connectivity index (χ1) is 35.0.